The van der Waals surface area contributed by atoms with Gasteiger partial charge >= 0.3 is 0 Å². The fraction of sp³-hybridized carbons (Fsp3) is 0.538. The number of benzene rings is 1. The van der Waals surface area contributed by atoms with Crippen LogP contribution in [-0.4, -0.2) is 26.2 Å². The minimum absolute atomic E-state index is 0.446. The first-order valence-electron chi connectivity index (χ1n) is 6.06. The molecule has 0 amide bonds. The highest BCUT2D eigenvalue weighted by atomic mass is 19.2. The smallest absolute Gasteiger partial charge is 0.160 e. The van der Waals surface area contributed by atoms with Crippen molar-refractivity contribution in [1.82, 2.24) is 5.32 Å². The molecule has 2 rings (SSSR count). The maximum atomic E-state index is 13.1. The molecule has 1 fully saturated rings. The molecule has 0 aliphatic carbocycles. The van der Waals surface area contributed by atoms with Gasteiger partial charge in [-0.05, 0) is 31.5 Å². The summed E-state index contributed by atoms with van der Waals surface area (Å²) in [6, 6.07) is 4.48. The van der Waals surface area contributed by atoms with Crippen LogP contribution in [0.25, 0.3) is 0 Å². The summed E-state index contributed by atoms with van der Waals surface area (Å²) in [7, 11) is 1.91. The number of anilines is 1. The van der Waals surface area contributed by atoms with Crippen LogP contribution in [0.15, 0.2) is 18.2 Å². The Bertz CT molecular complexity index is 376. The summed E-state index contributed by atoms with van der Waals surface area (Å²) in [6.45, 7) is 1.88. The normalized spacial score (nSPS) is 20.3. The van der Waals surface area contributed by atoms with E-state index in [-0.39, 0.29) is 0 Å². The molecule has 1 aromatic carbocycles. The van der Waals surface area contributed by atoms with Crippen LogP contribution in [0.1, 0.15) is 19.3 Å². The number of nitrogens with zero attached hydrogens (tertiary/aromatic N) is 1. The van der Waals surface area contributed by atoms with E-state index in [1.165, 1.54) is 25.0 Å². The Morgan fingerprint density at radius 2 is 2.12 bits per heavy atom. The fourth-order valence-corrected chi connectivity index (χ4v) is 2.24. The van der Waals surface area contributed by atoms with Crippen LogP contribution in [0.5, 0.6) is 0 Å². The van der Waals surface area contributed by atoms with Gasteiger partial charge in [0.2, 0.25) is 0 Å². The van der Waals surface area contributed by atoms with E-state index >= 15 is 0 Å². The highest BCUT2D eigenvalue weighted by Crippen LogP contribution is 2.18. The van der Waals surface area contributed by atoms with Crippen LogP contribution in [0.3, 0.4) is 0 Å². The molecule has 0 bridgehead atoms. The molecule has 1 heterocycles. The molecule has 0 saturated carbocycles. The summed E-state index contributed by atoms with van der Waals surface area (Å²) in [5, 5.41) is 3.44. The number of hydrogen-bond acceptors (Lipinski definition) is 2. The summed E-state index contributed by atoms with van der Waals surface area (Å²) in [6.07, 6.45) is 3.61. The lowest BCUT2D eigenvalue weighted by molar-refractivity contribution is 0.403. The first-order chi connectivity index (χ1) is 8.16. The molecule has 1 aliphatic heterocycles. The average molecular weight is 240 g/mol. The monoisotopic (exact) mass is 240 g/mol. The number of nitrogens with one attached hydrogen (secondary N) is 1. The van der Waals surface area contributed by atoms with Gasteiger partial charge in [-0.3, -0.25) is 0 Å². The second-order valence-corrected chi connectivity index (χ2v) is 4.63. The van der Waals surface area contributed by atoms with Crippen LogP contribution >= 0.6 is 0 Å². The molecule has 1 saturated heterocycles. The summed E-state index contributed by atoms with van der Waals surface area (Å²) in [5.41, 5.74) is 0.719. The van der Waals surface area contributed by atoms with Gasteiger partial charge in [0.1, 0.15) is 0 Å². The van der Waals surface area contributed by atoms with Crippen LogP contribution in [-0.2, 0) is 0 Å². The number of halogens is 2. The summed E-state index contributed by atoms with van der Waals surface area (Å²) < 4.78 is 25.9. The van der Waals surface area contributed by atoms with Gasteiger partial charge in [-0.1, -0.05) is 6.42 Å². The highest BCUT2D eigenvalue weighted by molar-refractivity contribution is 5.46. The van der Waals surface area contributed by atoms with Crippen LogP contribution in [0.2, 0.25) is 0 Å². The van der Waals surface area contributed by atoms with Gasteiger partial charge < -0.3 is 10.2 Å². The van der Waals surface area contributed by atoms with E-state index in [0.29, 0.717) is 6.04 Å². The lowest BCUT2D eigenvalue weighted by Gasteiger charge is -2.29. The van der Waals surface area contributed by atoms with Crippen LogP contribution < -0.4 is 10.2 Å². The number of piperidine rings is 1. The number of likely N-dealkylation sites (N-methyl/N-ethyl adjacent to an activating group) is 1. The van der Waals surface area contributed by atoms with Crippen molar-refractivity contribution in [1.29, 1.82) is 0 Å². The standard InChI is InChI=1S/C13H18F2N2/c1-17(9-10-4-2-3-7-16-10)11-5-6-12(14)13(15)8-11/h5-6,8,10,16H,2-4,7,9H2,1H3. The lowest BCUT2D eigenvalue weighted by Crippen LogP contribution is -2.42. The Labute approximate surface area is 101 Å². The van der Waals surface area contributed by atoms with Gasteiger partial charge in [-0.25, -0.2) is 8.78 Å². The fourth-order valence-electron chi connectivity index (χ4n) is 2.24. The first-order valence-corrected chi connectivity index (χ1v) is 6.06. The third-order valence-electron chi connectivity index (χ3n) is 3.25. The van der Waals surface area contributed by atoms with Crippen molar-refractivity contribution in [3.8, 4) is 0 Å². The summed E-state index contributed by atoms with van der Waals surface area (Å²) >= 11 is 0. The number of hydrogen-bond donors (Lipinski definition) is 1. The van der Waals surface area contributed by atoms with Gasteiger partial charge in [-0.15, -0.1) is 0 Å². The Hall–Kier alpha value is -1.16. The first kappa shape index (κ1) is 12.3. The van der Waals surface area contributed by atoms with Gasteiger partial charge in [0.15, 0.2) is 11.6 Å². The molecule has 1 N–H and O–H groups in total. The molecule has 94 valence electrons. The number of rotatable bonds is 3. The third kappa shape index (κ3) is 3.16. The highest BCUT2D eigenvalue weighted by Gasteiger charge is 2.15. The molecular weight excluding hydrogens is 222 g/mol. The third-order valence-corrected chi connectivity index (χ3v) is 3.25. The predicted molar refractivity (Wildman–Crippen MR) is 65.3 cm³/mol. The SMILES string of the molecule is CN(CC1CCCCN1)c1ccc(F)c(F)c1. The van der Waals surface area contributed by atoms with Gasteiger partial charge in [0.05, 0.1) is 0 Å². The van der Waals surface area contributed by atoms with Crippen molar-refractivity contribution < 1.29 is 8.78 Å². The molecule has 1 aromatic rings. The maximum absolute atomic E-state index is 13.1. The Balaban J connectivity index is 1.98. The lowest BCUT2D eigenvalue weighted by atomic mass is 10.0. The van der Waals surface area contributed by atoms with Crippen molar-refractivity contribution in [3.05, 3.63) is 29.8 Å². The molecule has 0 aromatic heterocycles. The quantitative estimate of drug-likeness (QED) is 0.873. The van der Waals surface area contributed by atoms with Crippen molar-refractivity contribution in [2.75, 3.05) is 25.0 Å². The minimum Gasteiger partial charge on any atom is -0.373 e. The molecule has 0 spiro atoms. The molecular formula is C13H18F2N2. The Morgan fingerprint density at radius 1 is 1.29 bits per heavy atom. The topological polar surface area (TPSA) is 15.3 Å². The predicted octanol–water partition coefficient (Wildman–Crippen LogP) is 2.54. The molecule has 2 nitrogen and oxygen atoms in total. The molecule has 4 heteroatoms. The minimum atomic E-state index is -0.794. The largest absolute Gasteiger partial charge is 0.373 e. The van der Waals surface area contributed by atoms with Crippen molar-refractivity contribution >= 4 is 5.69 Å². The molecule has 1 aliphatic rings. The van der Waals surface area contributed by atoms with E-state index in [1.807, 2.05) is 11.9 Å². The van der Waals surface area contributed by atoms with Crippen molar-refractivity contribution in [2.24, 2.45) is 0 Å². The van der Waals surface area contributed by atoms with Gasteiger partial charge in [-0.2, -0.15) is 0 Å². The second-order valence-electron chi connectivity index (χ2n) is 4.63. The molecule has 1 atom stereocenters. The van der Waals surface area contributed by atoms with E-state index in [2.05, 4.69) is 5.32 Å². The molecule has 0 radical (unpaired) electrons. The second kappa shape index (κ2) is 5.45. The van der Waals surface area contributed by atoms with Crippen LogP contribution in [0.4, 0.5) is 14.5 Å². The zero-order valence-corrected chi connectivity index (χ0v) is 10.0. The van der Waals surface area contributed by atoms with Crippen LogP contribution in [0, 0.1) is 11.6 Å². The molecule has 17 heavy (non-hydrogen) atoms. The average Bonchev–Trinajstić information content (AvgIpc) is 2.34. The maximum Gasteiger partial charge on any atom is 0.160 e. The Morgan fingerprint density at radius 3 is 2.76 bits per heavy atom. The van der Waals surface area contributed by atoms with Gasteiger partial charge in [0.25, 0.3) is 0 Å². The summed E-state index contributed by atoms with van der Waals surface area (Å²) in [4.78, 5) is 1.96. The zero-order valence-electron chi connectivity index (χ0n) is 10.0. The van der Waals surface area contributed by atoms with Gasteiger partial charge in [0, 0.05) is 31.4 Å². The van der Waals surface area contributed by atoms with E-state index in [9.17, 15) is 8.78 Å². The van der Waals surface area contributed by atoms with E-state index in [1.54, 1.807) is 6.07 Å². The van der Waals surface area contributed by atoms with E-state index in [0.717, 1.165) is 25.2 Å². The zero-order chi connectivity index (χ0) is 12.3. The van der Waals surface area contributed by atoms with E-state index < -0.39 is 11.6 Å². The van der Waals surface area contributed by atoms with Crippen molar-refractivity contribution in [3.63, 3.8) is 0 Å². The molecule has 1 unspecified atom stereocenters. The van der Waals surface area contributed by atoms with E-state index in [4.69, 9.17) is 0 Å². The summed E-state index contributed by atoms with van der Waals surface area (Å²) in [5.74, 6) is -1.58. The van der Waals surface area contributed by atoms with Crippen molar-refractivity contribution in [2.45, 2.75) is 25.3 Å². The Kier molecular flexibility index (Phi) is 3.94.